The number of hydrogen-bond acceptors (Lipinski definition) is 4. The van der Waals surface area contributed by atoms with Crippen molar-refractivity contribution in [2.45, 2.75) is 52.1 Å². The molecule has 114 valence electrons. The minimum absolute atomic E-state index is 0.113. The van der Waals surface area contributed by atoms with Crippen molar-refractivity contribution >= 4 is 9.84 Å². The van der Waals surface area contributed by atoms with E-state index < -0.39 is 9.84 Å². The van der Waals surface area contributed by atoms with Gasteiger partial charge in [0, 0.05) is 30.9 Å². The Hall–Kier alpha value is -0.130. The summed E-state index contributed by atoms with van der Waals surface area (Å²) < 4.78 is 22.4. The van der Waals surface area contributed by atoms with Crippen LogP contribution in [0.2, 0.25) is 0 Å². The maximum absolute atomic E-state index is 11.2. The lowest BCUT2D eigenvalue weighted by atomic mass is 9.91. The first-order valence-corrected chi connectivity index (χ1v) is 9.38. The highest BCUT2D eigenvalue weighted by molar-refractivity contribution is 7.90. The number of sulfone groups is 1. The van der Waals surface area contributed by atoms with Gasteiger partial charge >= 0.3 is 0 Å². The fourth-order valence-electron chi connectivity index (χ4n) is 2.62. The number of rotatable bonds is 6. The van der Waals surface area contributed by atoms with Crippen LogP contribution < -0.4 is 5.32 Å². The Kier molecular flexibility index (Phi) is 5.83. The van der Waals surface area contributed by atoms with Gasteiger partial charge in [0.05, 0.1) is 5.75 Å². The van der Waals surface area contributed by atoms with Crippen LogP contribution in [-0.4, -0.2) is 56.5 Å². The molecule has 5 heteroatoms. The Bertz CT molecular complexity index is 379. The Labute approximate surface area is 118 Å². The van der Waals surface area contributed by atoms with Crippen LogP contribution >= 0.6 is 0 Å². The molecule has 1 N–H and O–H groups in total. The van der Waals surface area contributed by atoms with Gasteiger partial charge in [0.1, 0.15) is 9.84 Å². The number of nitrogens with zero attached hydrogens (tertiary/aromatic N) is 1. The van der Waals surface area contributed by atoms with Gasteiger partial charge < -0.3 is 5.32 Å². The normalized spacial score (nSPS) is 26.3. The van der Waals surface area contributed by atoms with Crippen LogP contribution in [0, 0.1) is 5.92 Å². The first-order valence-electron chi connectivity index (χ1n) is 7.32. The standard InChI is InChI=1S/C14H30N2O2S/c1-6-12(2)13-10-16(14(3,4)11-15-13)8-7-9-19(5,17)18/h12-13,15H,6-11H2,1-5H3. The van der Waals surface area contributed by atoms with E-state index in [-0.39, 0.29) is 5.54 Å². The molecule has 2 atom stereocenters. The van der Waals surface area contributed by atoms with Crippen LogP contribution in [0.25, 0.3) is 0 Å². The molecule has 0 amide bonds. The summed E-state index contributed by atoms with van der Waals surface area (Å²) in [5, 5.41) is 3.64. The molecule has 1 heterocycles. The highest BCUT2D eigenvalue weighted by Crippen LogP contribution is 2.22. The summed E-state index contributed by atoms with van der Waals surface area (Å²) in [4.78, 5) is 2.45. The maximum atomic E-state index is 11.2. The van der Waals surface area contributed by atoms with E-state index in [0.29, 0.717) is 17.7 Å². The van der Waals surface area contributed by atoms with Crippen molar-refractivity contribution in [1.29, 1.82) is 0 Å². The molecule has 1 aliphatic heterocycles. The zero-order valence-electron chi connectivity index (χ0n) is 13.1. The molecule has 0 radical (unpaired) electrons. The fourth-order valence-corrected chi connectivity index (χ4v) is 3.27. The van der Waals surface area contributed by atoms with E-state index in [2.05, 4.69) is 37.9 Å². The van der Waals surface area contributed by atoms with Gasteiger partial charge in [-0.2, -0.15) is 0 Å². The third-order valence-electron chi connectivity index (χ3n) is 4.34. The summed E-state index contributed by atoms with van der Waals surface area (Å²) in [6, 6.07) is 0.524. The first kappa shape index (κ1) is 16.9. The monoisotopic (exact) mass is 290 g/mol. The lowest BCUT2D eigenvalue weighted by Gasteiger charge is -2.47. The minimum atomic E-state index is -2.84. The fraction of sp³-hybridized carbons (Fsp3) is 1.00. The van der Waals surface area contributed by atoms with E-state index in [1.807, 2.05) is 0 Å². The van der Waals surface area contributed by atoms with Gasteiger partial charge in [0.15, 0.2) is 0 Å². The molecular weight excluding hydrogens is 260 g/mol. The average molecular weight is 290 g/mol. The zero-order chi connectivity index (χ0) is 14.7. The molecule has 0 saturated carbocycles. The van der Waals surface area contributed by atoms with Crippen LogP contribution in [-0.2, 0) is 9.84 Å². The lowest BCUT2D eigenvalue weighted by molar-refractivity contribution is 0.0523. The van der Waals surface area contributed by atoms with Crippen LogP contribution in [0.3, 0.4) is 0 Å². The molecular formula is C14H30N2O2S. The van der Waals surface area contributed by atoms with Gasteiger partial charge in [-0.05, 0) is 32.7 Å². The van der Waals surface area contributed by atoms with Gasteiger partial charge in [-0.3, -0.25) is 4.90 Å². The van der Waals surface area contributed by atoms with Crippen molar-refractivity contribution in [3.8, 4) is 0 Å². The third-order valence-corrected chi connectivity index (χ3v) is 5.37. The van der Waals surface area contributed by atoms with Gasteiger partial charge in [-0.1, -0.05) is 20.3 Å². The Morgan fingerprint density at radius 1 is 1.42 bits per heavy atom. The van der Waals surface area contributed by atoms with Crippen molar-refractivity contribution in [1.82, 2.24) is 10.2 Å². The largest absolute Gasteiger partial charge is 0.311 e. The van der Waals surface area contributed by atoms with Crippen LogP contribution in [0.1, 0.15) is 40.5 Å². The molecule has 0 bridgehead atoms. The molecule has 2 unspecified atom stereocenters. The molecule has 0 spiro atoms. The van der Waals surface area contributed by atoms with E-state index in [0.717, 1.165) is 26.1 Å². The number of hydrogen-bond donors (Lipinski definition) is 1. The van der Waals surface area contributed by atoms with Crippen molar-refractivity contribution in [2.24, 2.45) is 5.92 Å². The van der Waals surface area contributed by atoms with Crippen molar-refractivity contribution in [3.05, 3.63) is 0 Å². The first-order chi connectivity index (χ1) is 8.65. The molecule has 19 heavy (non-hydrogen) atoms. The molecule has 0 aromatic heterocycles. The predicted octanol–water partition coefficient (Wildman–Crippen LogP) is 1.52. The van der Waals surface area contributed by atoms with Gasteiger partial charge in [0.25, 0.3) is 0 Å². The zero-order valence-corrected chi connectivity index (χ0v) is 13.9. The summed E-state index contributed by atoms with van der Waals surface area (Å²) in [6.45, 7) is 11.8. The van der Waals surface area contributed by atoms with Gasteiger partial charge in [-0.15, -0.1) is 0 Å². The molecule has 0 aromatic carbocycles. The molecule has 4 nitrogen and oxygen atoms in total. The molecule has 1 rings (SSSR count). The van der Waals surface area contributed by atoms with Crippen LogP contribution in [0.5, 0.6) is 0 Å². The summed E-state index contributed by atoms with van der Waals surface area (Å²) in [6.07, 6.45) is 3.22. The lowest BCUT2D eigenvalue weighted by Crippen LogP contribution is -2.63. The Morgan fingerprint density at radius 3 is 2.58 bits per heavy atom. The second-order valence-corrected chi connectivity index (χ2v) is 8.87. The Morgan fingerprint density at radius 2 is 2.05 bits per heavy atom. The molecule has 0 aromatic rings. The quantitative estimate of drug-likeness (QED) is 0.806. The van der Waals surface area contributed by atoms with Crippen molar-refractivity contribution < 1.29 is 8.42 Å². The second kappa shape index (κ2) is 6.55. The van der Waals surface area contributed by atoms with E-state index >= 15 is 0 Å². The van der Waals surface area contributed by atoms with Gasteiger partial charge in [-0.25, -0.2) is 8.42 Å². The smallest absolute Gasteiger partial charge is 0.147 e. The SMILES string of the molecule is CCC(C)C1CN(CCCS(C)(=O)=O)C(C)(C)CN1. The molecule has 1 fully saturated rings. The van der Waals surface area contributed by atoms with Crippen LogP contribution in [0.4, 0.5) is 0 Å². The summed E-state index contributed by atoms with van der Waals surface area (Å²) >= 11 is 0. The van der Waals surface area contributed by atoms with E-state index in [1.54, 1.807) is 0 Å². The Balaban J connectivity index is 2.56. The third kappa shape index (κ3) is 5.40. The summed E-state index contributed by atoms with van der Waals surface area (Å²) in [5.41, 5.74) is 0.113. The van der Waals surface area contributed by atoms with E-state index in [1.165, 1.54) is 12.7 Å². The van der Waals surface area contributed by atoms with Crippen molar-refractivity contribution in [3.63, 3.8) is 0 Å². The highest BCUT2D eigenvalue weighted by Gasteiger charge is 2.34. The summed E-state index contributed by atoms with van der Waals surface area (Å²) in [7, 11) is -2.84. The van der Waals surface area contributed by atoms with Crippen LogP contribution in [0.15, 0.2) is 0 Å². The summed E-state index contributed by atoms with van der Waals surface area (Å²) in [5.74, 6) is 0.953. The minimum Gasteiger partial charge on any atom is -0.311 e. The van der Waals surface area contributed by atoms with Crippen molar-refractivity contribution in [2.75, 3.05) is 31.6 Å². The highest BCUT2D eigenvalue weighted by atomic mass is 32.2. The van der Waals surface area contributed by atoms with E-state index in [4.69, 9.17) is 0 Å². The number of nitrogens with one attached hydrogen (secondary N) is 1. The number of piperazine rings is 1. The second-order valence-electron chi connectivity index (χ2n) is 6.61. The molecule has 1 aliphatic rings. The molecule has 1 saturated heterocycles. The maximum Gasteiger partial charge on any atom is 0.147 e. The average Bonchev–Trinajstić information content (AvgIpc) is 2.28. The van der Waals surface area contributed by atoms with E-state index in [9.17, 15) is 8.42 Å². The topological polar surface area (TPSA) is 49.4 Å². The molecule has 0 aliphatic carbocycles. The van der Waals surface area contributed by atoms with Gasteiger partial charge in [0.2, 0.25) is 0 Å². The predicted molar refractivity (Wildman–Crippen MR) is 81.2 cm³/mol.